The molecule has 1 aliphatic carbocycles. The zero-order chi connectivity index (χ0) is 14.0. The van der Waals surface area contributed by atoms with Gasteiger partial charge in [-0.15, -0.1) is 0 Å². The van der Waals surface area contributed by atoms with E-state index >= 15 is 0 Å². The van der Waals surface area contributed by atoms with Crippen molar-refractivity contribution in [1.29, 1.82) is 0 Å². The Morgan fingerprint density at radius 2 is 2.05 bits per heavy atom. The molecule has 1 fully saturated rings. The topological polar surface area (TPSA) is 74.2 Å². The molecule has 3 rings (SSSR count). The zero-order valence-corrected chi connectivity index (χ0v) is 11.6. The molecule has 0 amide bonds. The van der Waals surface area contributed by atoms with Gasteiger partial charge in [0.2, 0.25) is 5.82 Å². The van der Waals surface area contributed by atoms with Crippen LogP contribution in [0.25, 0.3) is 11.5 Å². The predicted molar refractivity (Wildman–Crippen MR) is 75.0 cm³/mol. The van der Waals surface area contributed by atoms with Gasteiger partial charge in [0, 0.05) is 12.7 Å². The van der Waals surface area contributed by atoms with E-state index in [2.05, 4.69) is 10.1 Å². The van der Waals surface area contributed by atoms with Crippen LogP contribution in [0.4, 0.5) is 0 Å². The molecule has 106 valence electrons. The fraction of sp³-hybridized carbons (Fsp3) is 0.467. The maximum absolute atomic E-state index is 5.56. The highest BCUT2D eigenvalue weighted by molar-refractivity contribution is 5.53. The summed E-state index contributed by atoms with van der Waals surface area (Å²) >= 11 is 0. The van der Waals surface area contributed by atoms with Gasteiger partial charge in [-0.25, -0.2) is 0 Å². The lowest BCUT2D eigenvalue weighted by Crippen LogP contribution is -2.37. The number of hydrogen-bond acceptors (Lipinski definition) is 5. The van der Waals surface area contributed by atoms with Crippen LogP contribution in [0.3, 0.4) is 0 Å². The summed E-state index contributed by atoms with van der Waals surface area (Å²) in [6.45, 7) is 0.653. The van der Waals surface area contributed by atoms with E-state index in [1.165, 1.54) is 5.56 Å². The Hall–Kier alpha value is -1.72. The summed E-state index contributed by atoms with van der Waals surface area (Å²) in [7, 11) is 1.71. The molecule has 0 radical (unpaired) electrons. The second kappa shape index (κ2) is 5.34. The van der Waals surface area contributed by atoms with Crippen molar-refractivity contribution in [3.63, 3.8) is 0 Å². The van der Waals surface area contributed by atoms with Gasteiger partial charge in [-0.2, -0.15) is 4.98 Å². The summed E-state index contributed by atoms with van der Waals surface area (Å²) in [5.41, 5.74) is 7.35. The second-order valence-corrected chi connectivity index (χ2v) is 5.21. The third-order valence-electron chi connectivity index (χ3n) is 4.02. The third kappa shape index (κ3) is 2.23. The van der Waals surface area contributed by atoms with Crippen LogP contribution in [-0.4, -0.2) is 23.8 Å². The highest BCUT2D eigenvalue weighted by Crippen LogP contribution is 2.43. The first-order chi connectivity index (χ1) is 9.77. The van der Waals surface area contributed by atoms with E-state index in [1.807, 2.05) is 24.3 Å². The normalized spacial score (nSPS) is 16.9. The van der Waals surface area contributed by atoms with Crippen LogP contribution in [-0.2, 0) is 16.8 Å². The highest BCUT2D eigenvalue weighted by atomic mass is 16.5. The lowest BCUT2D eigenvalue weighted by atomic mass is 9.79. The lowest BCUT2D eigenvalue weighted by molar-refractivity contribution is -0.0858. The highest BCUT2D eigenvalue weighted by Gasteiger charge is 2.43. The van der Waals surface area contributed by atoms with Crippen LogP contribution in [0.1, 0.15) is 30.7 Å². The largest absolute Gasteiger partial charge is 0.370 e. The molecule has 0 atom stereocenters. The van der Waals surface area contributed by atoms with Gasteiger partial charge in [0.1, 0.15) is 5.60 Å². The Balaban J connectivity index is 1.82. The first kappa shape index (κ1) is 13.3. The fourth-order valence-electron chi connectivity index (χ4n) is 2.52. The van der Waals surface area contributed by atoms with E-state index in [-0.39, 0.29) is 5.60 Å². The van der Waals surface area contributed by atoms with Crippen molar-refractivity contribution < 1.29 is 9.26 Å². The average Bonchev–Trinajstić information content (AvgIpc) is 2.89. The number of methoxy groups -OCH3 is 1. The smallest absolute Gasteiger partial charge is 0.258 e. The van der Waals surface area contributed by atoms with Gasteiger partial charge in [0.25, 0.3) is 5.89 Å². The van der Waals surface area contributed by atoms with Crippen molar-refractivity contribution >= 4 is 0 Å². The van der Waals surface area contributed by atoms with Crippen LogP contribution in [0, 0.1) is 0 Å². The molecule has 0 aliphatic heterocycles. The van der Waals surface area contributed by atoms with Crippen molar-refractivity contribution in [2.45, 2.75) is 31.3 Å². The van der Waals surface area contributed by atoms with Gasteiger partial charge in [-0.3, -0.25) is 0 Å². The molecule has 0 spiro atoms. The summed E-state index contributed by atoms with van der Waals surface area (Å²) in [6, 6.07) is 8.06. The van der Waals surface area contributed by atoms with Crippen LogP contribution >= 0.6 is 0 Å². The van der Waals surface area contributed by atoms with Crippen molar-refractivity contribution in [2.24, 2.45) is 5.73 Å². The Morgan fingerprint density at radius 3 is 2.60 bits per heavy atom. The molecule has 1 heterocycles. The molecule has 2 aromatic rings. The van der Waals surface area contributed by atoms with Crippen molar-refractivity contribution in [2.75, 3.05) is 13.7 Å². The first-order valence-electron chi connectivity index (χ1n) is 6.96. The molecule has 1 saturated carbocycles. The Morgan fingerprint density at radius 1 is 1.30 bits per heavy atom. The van der Waals surface area contributed by atoms with Gasteiger partial charge in [0.05, 0.1) is 0 Å². The molecule has 5 nitrogen and oxygen atoms in total. The number of rotatable bonds is 5. The summed E-state index contributed by atoms with van der Waals surface area (Å²) in [5.74, 6) is 1.20. The first-order valence-corrected chi connectivity index (χ1v) is 6.96. The monoisotopic (exact) mass is 273 g/mol. The molecule has 20 heavy (non-hydrogen) atoms. The third-order valence-corrected chi connectivity index (χ3v) is 4.02. The molecule has 1 aliphatic rings. The van der Waals surface area contributed by atoms with E-state index in [0.29, 0.717) is 18.3 Å². The summed E-state index contributed by atoms with van der Waals surface area (Å²) in [4.78, 5) is 4.49. The van der Waals surface area contributed by atoms with Gasteiger partial charge >= 0.3 is 0 Å². The van der Waals surface area contributed by atoms with Crippen molar-refractivity contribution in [1.82, 2.24) is 10.1 Å². The number of ether oxygens (including phenoxy) is 1. The van der Waals surface area contributed by atoms with E-state index in [1.54, 1.807) is 7.11 Å². The van der Waals surface area contributed by atoms with Gasteiger partial charge in [-0.05, 0) is 49.9 Å². The van der Waals surface area contributed by atoms with Gasteiger partial charge in [0.15, 0.2) is 0 Å². The molecule has 2 N–H and O–H groups in total. The molecule has 0 saturated heterocycles. The number of benzene rings is 1. The number of nitrogens with zero attached hydrogens (tertiary/aromatic N) is 2. The lowest BCUT2D eigenvalue weighted by Gasteiger charge is -2.37. The SMILES string of the molecule is COC1(c2noc(-c3ccc(CCN)cc3)n2)CCC1. The minimum atomic E-state index is -0.332. The molecule has 1 aromatic heterocycles. The molecule has 0 bridgehead atoms. The summed E-state index contributed by atoms with van der Waals surface area (Å²) in [6.07, 6.45) is 3.93. The number of nitrogens with two attached hydrogens (primary N) is 1. The van der Waals surface area contributed by atoms with Crippen LogP contribution < -0.4 is 5.73 Å². The minimum Gasteiger partial charge on any atom is -0.370 e. The van der Waals surface area contributed by atoms with E-state index in [4.69, 9.17) is 15.0 Å². The molecular weight excluding hydrogens is 254 g/mol. The average molecular weight is 273 g/mol. The maximum Gasteiger partial charge on any atom is 0.258 e. The maximum atomic E-state index is 5.56. The predicted octanol–water partition coefficient (Wildman–Crippen LogP) is 2.26. The van der Waals surface area contributed by atoms with Gasteiger partial charge < -0.3 is 15.0 Å². The zero-order valence-electron chi connectivity index (χ0n) is 11.6. The van der Waals surface area contributed by atoms with Crippen molar-refractivity contribution in [3.05, 3.63) is 35.7 Å². The number of hydrogen-bond donors (Lipinski definition) is 1. The van der Waals surface area contributed by atoms with Crippen LogP contribution in [0.15, 0.2) is 28.8 Å². The summed E-state index contributed by atoms with van der Waals surface area (Å²) < 4.78 is 10.9. The Labute approximate surface area is 118 Å². The quantitative estimate of drug-likeness (QED) is 0.904. The van der Waals surface area contributed by atoms with E-state index in [0.717, 1.165) is 31.2 Å². The Bertz CT molecular complexity index is 568. The molecule has 5 heteroatoms. The summed E-state index contributed by atoms with van der Waals surface area (Å²) in [5, 5.41) is 4.09. The second-order valence-electron chi connectivity index (χ2n) is 5.21. The van der Waals surface area contributed by atoms with Crippen LogP contribution in [0.2, 0.25) is 0 Å². The van der Waals surface area contributed by atoms with Crippen LogP contribution in [0.5, 0.6) is 0 Å². The van der Waals surface area contributed by atoms with Gasteiger partial charge in [-0.1, -0.05) is 17.3 Å². The minimum absolute atomic E-state index is 0.332. The van der Waals surface area contributed by atoms with E-state index < -0.39 is 0 Å². The fourth-order valence-corrected chi connectivity index (χ4v) is 2.52. The molecule has 1 aromatic carbocycles. The molecule has 0 unspecified atom stereocenters. The van der Waals surface area contributed by atoms with E-state index in [9.17, 15) is 0 Å². The Kier molecular flexibility index (Phi) is 3.54. The van der Waals surface area contributed by atoms with Crippen molar-refractivity contribution in [3.8, 4) is 11.5 Å². The number of aromatic nitrogens is 2. The standard InChI is InChI=1S/C15H19N3O2/c1-19-15(8-2-9-15)14-17-13(20-18-14)12-5-3-11(4-6-12)7-10-16/h3-6H,2,7-10,16H2,1H3. The molecular formula is C15H19N3O2.